The van der Waals surface area contributed by atoms with Crippen LogP contribution in [0, 0.1) is 0 Å². The molecule has 1 aromatic rings. The second-order valence-electron chi connectivity index (χ2n) is 5.66. The molecule has 0 radical (unpaired) electrons. The summed E-state index contributed by atoms with van der Waals surface area (Å²) < 4.78 is 0. The van der Waals surface area contributed by atoms with Gasteiger partial charge in [0.15, 0.2) is 0 Å². The molecule has 20 heavy (non-hydrogen) atoms. The number of benzene rings is 1. The van der Waals surface area contributed by atoms with Crippen molar-refractivity contribution in [1.82, 2.24) is 10.6 Å². The maximum absolute atomic E-state index is 11.6. The molecular formula is C15H25N3O2. The summed E-state index contributed by atoms with van der Waals surface area (Å²) in [4.78, 5) is 11.6. The lowest BCUT2D eigenvalue weighted by atomic mass is 10.1. The summed E-state index contributed by atoms with van der Waals surface area (Å²) >= 11 is 0. The topological polar surface area (TPSA) is 73.4 Å². The lowest BCUT2D eigenvalue weighted by Gasteiger charge is -2.20. The maximum atomic E-state index is 11.6. The number of hydrogen-bond acceptors (Lipinski definition) is 4. The standard InChI is InChI=1S/C15H25N3O2/c1-15(2,3)18-9-8-16-13-6-4-12(5-7-13)14(20)17-10-11-19/h4-7,16,18-19H,8-11H2,1-3H3,(H,17,20). The van der Waals surface area contributed by atoms with Crippen molar-refractivity contribution >= 4 is 11.6 Å². The lowest BCUT2D eigenvalue weighted by Crippen LogP contribution is -2.38. The fraction of sp³-hybridized carbons (Fsp3) is 0.533. The molecule has 0 aliphatic carbocycles. The summed E-state index contributed by atoms with van der Waals surface area (Å²) in [6.07, 6.45) is 0. The van der Waals surface area contributed by atoms with Gasteiger partial charge in [0.25, 0.3) is 5.91 Å². The molecule has 0 unspecified atom stereocenters. The van der Waals surface area contributed by atoms with E-state index >= 15 is 0 Å². The van der Waals surface area contributed by atoms with E-state index in [2.05, 4.69) is 36.7 Å². The van der Waals surface area contributed by atoms with Gasteiger partial charge in [0.05, 0.1) is 6.61 Å². The highest BCUT2D eigenvalue weighted by molar-refractivity contribution is 5.94. The van der Waals surface area contributed by atoms with E-state index in [0.717, 1.165) is 18.8 Å². The number of hydrogen-bond donors (Lipinski definition) is 4. The van der Waals surface area contributed by atoms with E-state index in [9.17, 15) is 4.79 Å². The Hall–Kier alpha value is -1.59. The average Bonchev–Trinajstić information content (AvgIpc) is 2.40. The Kier molecular flexibility index (Phi) is 6.48. The van der Waals surface area contributed by atoms with Crippen molar-refractivity contribution in [3.63, 3.8) is 0 Å². The van der Waals surface area contributed by atoms with Crippen LogP contribution in [0.15, 0.2) is 24.3 Å². The van der Waals surface area contributed by atoms with E-state index in [-0.39, 0.29) is 24.6 Å². The third kappa shape index (κ3) is 6.54. The molecule has 0 saturated heterocycles. The maximum Gasteiger partial charge on any atom is 0.251 e. The largest absolute Gasteiger partial charge is 0.395 e. The normalized spacial score (nSPS) is 11.2. The van der Waals surface area contributed by atoms with Crippen LogP contribution in [-0.4, -0.2) is 42.8 Å². The summed E-state index contributed by atoms with van der Waals surface area (Å²) in [6, 6.07) is 7.30. The third-order valence-electron chi connectivity index (χ3n) is 2.65. The molecule has 1 amide bonds. The van der Waals surface area contributed by atoms with E-state index < -0.39 is 0 Å². The van der Waals surface area contributed by atoms with Crippen LogP contribution in [0.1, 0.15) is 31.1 Å². The number of amides is 1. The van der Waals surface area contributed by atoms with Gasteiger partial charge < -0.3 is 21.1 Å². The fourth-order valence-electron chi connectivity index (χ4n) is 1.66. The Bertz CT molecular complexity index is 410. The van der Waals surface area contributed by atoms with Crippen LogP contribution in [0.4, 0.5) is 5.69 Å². The number of aliphatic hydroxyl groups excluding tert-OH is 1. The molecule has 0 aromatic heterocycles. The van der Waals surface area contributed by atoms with Crippen LogP contribution >= 0.6 is 0 Å². The van der Waals surface area contributed by atoms with Crippen molar-refractivity contribution < 1.29 is 9.90 Å². The first-order chi connectivity index (χ1) is 9.42. The van der Waals surface area contributed by atoms with Gasteiger partial charge in [0.1, 0.15) is 0 Å². The molecule has 0 heterocycles. The van der Waals surface area contributed by atoms with Crippen LogP contribution in [0.25, 0.3) is 0 Å². The van der Waals surface area contributed by atoms with Crippen LogP contribution in [0.5, 0.6) is 0 Å². The molecule has 5 heteroatoms. The van der Waals surface area contributed by atoms with Crippen molar-refractivity contribution in [3.8, 4) is 0 Å². The highest BCUT2D eigenvalue weighted by Gasteiger charge is 2.07. The molecule has 0 atom stereocenters. The minimum atomic E-state index is -0.167. The number of anilines is 1. The van der Waals surface area contributed by atoms with Crippen molar-refractivity contribution in [2.24, 2.45) is 0 Å². The van der Waals surface area contributed by atoms with Crippen LogP contribution < -0.4 is 16.0 Å². The molecule has 112 valence electrons. The summed E-state index contributed by atoms with van der Waals surface area (Å²) in [5.41, 5.74) is 1.70. The molecule has 0 fully saturated rings. The first-order valence-corrected chi connectivity index (χ1v) is 6.90. The van der Waals surface area contributed by atoms with E-state index in [4.69, 9.17) is 5.11 Å². The first-order valence-electron chi connectivity index (χ1n) is 6.90. The SMILES string of the molecule is CC(C)(C)NCCNc1ccc(C(=O)NCCO)cc1. The monoisotopic (exact) mass is 279 g/mol. The zero-order valence-electron chi connectivity index (χ0n) is 12.5. The lowest BCUT2D eigenvalue weighted by molar-refractivity contribution is 0.0945. The Labute approximate surface area is 120 Å². The number of nitrogens with one attached hydrogen (secondary N) is 3. The highest BCUT2D eigenvalue weighted by atomic mass is 16.3. The summed E-state index contributed by atoms with van der Waals surface area (Å²) in [5, 5.41) is 18.0. The fourth-order valence-corrected chi connectivity index (χ4v) is 1.66. The first kappa shape index (κ1) is 16.5. The number of carbonyl (C=O) groups is 1. The van der Waals surface area contributed by atoms with Gasteiger partial charge in [0.2, 0.25) is 0 Å². The van der Waals surface area contributed by atoms with Crippen molar-refractivity contribution in [2.45, 2.75) is 26.3 Å². The van der Waals surface area contributed by atoms with Gasteiger partial charge in [-0.25, -0.2) is 0 Å². The second-order valence-corrected chi connectivity index (χ2v) is 5.66. The minimum absolute atomic E-state index is 0.0494. The molecule has 4 N–H and O–H groups in total. The molecule has 1 rings (SSSR count). The van der Waals surface area contributed by atoms with Crippen molar-refractivity contribution in [1.29, 1.82) is 0 Å². The van der Waals surface area contributed by atoms with Gasteiger partial charge in [-0.2, -0.15) is 0 Å². The van der Waals surface area contributed by atoms with E-state index in [1.54, 1.807) is 12.1 Å². The zero-order valence-corrected chi connectivity index (χ0v) is 12.5. The molecule has 5 nitrogen and oxygen atoms in total. The molecule has 0 saturated carbocycles. The van der Waals surface area contributed by atoms with Crippen molar-refractivity contribution in [3.05, 3.63) is 29.8 Å². The zero-order chi connectivity index (χ0) is 15.0. The quantitative estimate of drug-likeness (QED) is 0.566. The molecule has 0 bridgehead atoms. The molecule has 0 spiro atoms. The molecule has 0 aliphatic rings. The van der Waals surface area contributed by atoms with E-state index in [1.165, 1.54) is 0 Å². The van der Waals surface area contributed by atoms with Gasteiger partial charge in [-0.15, -0.1) is 0 Å². The average molecular weight is 279 g/mol. The Balaban J connectivity index is 2.37. The van der Waals surface area contributed by atoms with Crippen LogP contribution in [0.3, 0.4) is 0 Å². The predicted octanol–water partition coefficient (Wildman–Crippen LogP) is 1.21. The Morgan fingerprint density at radius 1 is 1.10 bits per heavy atom. The third-order valence-corrected chi connectivity index (χ3v) is 2.65. The number of rotatable bonds is 7. The van der Waals surface area contributed by atoms with Gasteiger partial charge in [-0.3, -0.25) is 4.79 Å². The smallest absolute Gasteiger partial charge is 0.251 e. The second kappa shape index (κ2) is 7.87. The highest BCUT2D eigenvalue weighted by Crippen LogP contribution is 2.09. The summed E-state index contributed by atoms with van der Waals surface area (Å²) in [5.74, 6) is -0.167. The molecular weight excluding hydrogens is 254 g/mol. The summed E-state index contributed by atoms with van der Waals surface area (Å²) in [6.45, 7) is 8.32. The number of aliphatic hydroxyl groups is 1. The van der Waals surface area contributed by atoms with Gasteiger partial charge in [-0.05, 0) is 45.0 Å². The van der Waals surface area contributed by atoms with Crippen LogP contribution in [0.2, 0.25) is 0 Å². The van der Waals surface area contributed by atoms with E-state index in [1.807, 2.05) is 12.1 Å². The van der Waals surface area contributed by atoms with Gasteiger partial charge in [0, 0.05) is 36.4 Å². The predicted molar refractivity (Wildman–Crippen MR) is 82.1 cm³/mol. The van der Waals surface area contributed by atoms with Crippen LogP contribution in [-0.2, 0) is 0 Å². The Morgan fingerprint density at radius 2 is 1.75 bits per heavy atom. The summed E-state index contributed by atoms with van der Waals surface area (Å²) in [7, 11) is 0. The van der Waals surface area contributed by atoms with E-state index in [0.29, 0.717) is 5.56 Å². The van der Waals surface area contributed by atoms with Gasteiger partial charge in [-0.1, -0.05) is 0 Å². The minimum Gasteiger partial charge on any atom is -0.395 e. The van der Waals surface area contributed by atoms with Gasteiger partial charge >= 0.3 is 0 Å². The Morgan fingerprint density at radius 3 is 2.30 bits per heavy atom. The van der Waals surface area contributed by atoms with Crippen molar-refractivity contribution in [2.75, 3.05) is 31.6 Å². The number of carbonyl (C=O) groups excluding carboxylic acids is 1. The molecule has 1 aromatic carbocycles. The molecule has 0 aliphatic heterocycles.